The molecule has 0 heterocycles. The summed E-state index contributed by atoms with van der Waals surface area (Å²) in [5.74, 6) is -0.496. The van der Waals surface area contributed by atoms with Crippen molar-refractivity contribution in [2.24, 2.45) is 0 Å². The Balaban J connectivity index is 4.58. The maximum Gasteiger partial charge on any atom is 0.306 e. The second kappa shape index (κ2) is 50.1. The van der Waals surface area contributed by atoms with Crippen molar-refractivity contribution in [1.29, 1.82) is 0 Å². The van der Waals surface area contributed by atoms with Gasteiger partial charge in [-0.3, -0.25) is 9.59 Å². The Morgan fingerprint density at radius 1 is 0.468 bits per heavy atom. The van der Waals surface area contributed by atoms with Gasteiger partial charge in [0.25, 0.3) is 0 Å². The number of allylic oxidation sites excluding steroid dienone is 6. The molecule has 0 aromatic carbocycles. The zero-order valence-corrected chi connectivity index (χ0v) is 41.5. The number of rotatable bonds is 49. The van der Waals surface area contributed by atoms with Gasteiger partial charge in [-0.1, -0.05) is 256 Å². The van der Waals surface area contributed by atoms with Gasteiger partial charge in [-0.15, -0.1) is 0 Å². The van der Waals surface area contributed by atoms with E-state index in [1.165, 1.54) is 167 Å². The van der Waals surface area contributed by atoms with Gasteiger partial charge >= 0.3 is 5.97 Å². The molecule has 6 nitrogen and oxygen atoms in total. The van der Waals surface area contributed by atoms with Crippen LogP contribution in [0.2, 0.25) is 0 Å². The molecule has 364 valence electrons. The number of hydrogen-bond acceptors (Lipinski definition) is 5. The first-order valence-corrected chi connectivity index (χ1v) is 27.2. The normalized spacial score (nSPS) is 13.4. The lowest BCUT2D eigenvalue weighted by molar-refractivity contribution is -0.151. The summed E-state index contributed by atoms with van der Waals surface area (Å²) >= 11 is 0. The first-order valence-electron chi connectivity index (χ1n) is 27.2. The molecule has 0 aliphatic rings. The first kappa shape index (κ1) is 60.1. The number of aliphatic hydroxyl groups is 2. The number of unbranched alkanes of at least 4 members (excludes halogenated alkanes) is 33. The molecule has 0 bridgehead atoms. The maximum atomic E-state index is 13.2. The third-order valence-electron chi connectivity index (χ3n) is 12.5. The molecule has 1 amide bonds. The smallest absolute Gasteiger partial charge is 0.306 e. The summed E-state index contributed by atoms with van der Waals surface area (Å²) in [6.45, 7) is 6.47. The highest BCUT2D eigenvalue weighted by molar-refractivity contribution is 5.77. The molecule has 6 heteroatoms. The predicted molar refractivity (Wildman–Crippen MR) is 269 cm³/mol. The maximum absolute atomic E-state index is 13.2. The summed E-state index contributed by atoms with van der Waals surface area (Å²) in [5.41, 5.74) is 0. The van der Waals surface area contributed by atoms with Crippen molar-refractivity contribution in [3.05, 3.63) is 36.5 Å². The van der Waals surface area contributed by atoms with E-state index in [4.69, 9.17) is 4.74 Å². The van der Waals surface area contributed by atoms with Crippen molar-refractivity contribution in [2.45, 2.75) is 302 Å². The van der Waals surface area contributed by atoms with Gasteiger partial charge < -0.3 is 20.3 Å². The number of carbonyl (C=O) groups is 2. The van der Waals surface area contributed by atoms with Crippen molar-refractivity contribution in [2.75, 3.05) is 6.61 Å². The monoisotopic (exact) mass is 872 g/mol. The van der Waals surface area contributed by atoms with E-state index in [0.717, 1.165) is 70.6 Å². The molecule has 3 unspecified atom stereocenters. The van der Waals surface area contributed by atoms with E-state index in [1.54, 1.807) is 0 Å². The van der Waals surface area contributed by atoms with E-state index in [2.05, 4.69) is 62.5 Å². The number of nitrogens with one attached hydrogen (secondary N) is 1. The molecule has 0 aromatic heterocycles. The molecule has 0 aliphatic heterocycles. The van der Waals surface area contributed by atoms with E-state index in [9.17, 15) is 19.8 Å². The van der Waals surface area contributed by atoms with Crippen LogP contribution in [-0.2, 0) is 14.3 Å². The van der Waals surface area contributed by atoms with Gasteiger partial charge in [-0.2, -0.15) is 0 Å². The van der Waals surface area contributed by atoms with Gasteiger partial charge in [-0.25, -0.2) is 0 Å². The molecule has 3 N–H and O–H groups in total. The highest BCUT2D eigenvalue weighted by Gasteiger charge is 2.24. The molecule has 3 atom stereocenters. The highest BCUT2D eigenvalue weighted by Crippen LogP contribution is 2.18. The molecule has 0 radical (unpaired) electrons. The van der Waals surface area contributed by atoms with E-state index >= 15 is 0 Å². The molecule has 62 heavy (non-hydrogen) atoms. The van der Waals surface area contributed by atoms with Gasteiger partial charge in [0.05, 0.1) is 25.2 Å². The van der Waals surface area contributed by atoms with Crippen LogP contribution in [0.1, 0.15) is 284 Å². The largest absolute Gasteiger partial charge is 0.462 e. The Kier molecular flexibility index (Phi) is 48.5. The third kappa shape index (κ3) is 44.7. The fourth-order valence-electron chi connectivity index (χ4n) is 8.37. The minimum absolute atomic E-state index is 0.0587. The van der Waals surface area contributed by atoms with Crippen molar-refractivity contribution in [3.63, 3.8) is 0 Å². The number of amides is 1. The van der Waals surface area contributed by atoms with Gasteiger partial charge in [0, 0.05) is 6.42 Å². The average molecular weight is 872 g/mol. The molecule has 0 aliphatic carbocycles. The Bertz CT molecular complexity index is 1020. The first-order chi connectivity index (χ1) is 30.5. The van der Waals surface area contributed by atoms with E-state index in [0.29, 0.717) is 19.3 Å². The van der Waals surface area contributed by atoms with Gasteiger partial charge in [0.2, 0.25) is 5.91 Å². The molecule has 0 spiro atoms. The SMILES string of the molecule is CCCCCCC/C=C/C=C/C=C/CCCCCC(CC(=O)NC(CO)C(O)CCCCCCCCCCCCCCCCCC)OC(=O)CCCCCCCCCCCCC. The predicted octanol–water partition coefficient (Wildman–Crippen LogP) is 16.5. The van der Waals surface area contributed by atoms with Crippen LogP contribution in [0, 0.1) is 0 Å². The summed E-state index contributed by atoms with van der Waals surface area (Å²) in [6.07, 6.45) is 59.2. The van der Waals surface area contributed by atoms with Crippen molar-refractivity contribution >= 4 is 11.9 Å². The van der Waals surface area contributed by atoms with Crippen molar-refractivity contribution in [1.82, 2.24) is 5.32 Å². The van der Waals surface area contributed by atoms with Crippen molar-refractivity contribution < 1.29 is 24.5 Å². The van der Waals surface area contributed by atoms with Gasteiger partial charge in [-0.05, 0) is 51.4 Å². The standard InChI is InChI=1S/C56H105NO5/c1-4-7-10-13-16-19-22-24-26-28-30-33-35-38-41-44-47-52(62-56(61)49-46-43-40-37-32-21-18-15-12-9-6-3)50-55(60)57-53(51-58)54(59)48-45-42-39-36-34-31-29-27-25-23-20-17-14-11-8-5-2/h22,24,26,28,30,33,52-54,58-59H,4-21,23,25,27,29,31-32,34-51H2,1-3H3,(H,57,60)/b24-22+,28-26+,33-30+. The Hall–Kier alpha value is -1.92. The zero-order valence-electron chi connectivity index (χ0n) is 41.5. The quantitative estimate of drug-likeness (QED) is 0.0321. The van der Waals surface area contributed by atoms with E-state index < -0.39 is 18.2 Å². The van der Waals surface area contributed by atoms with E-state index in [1.807, 2.05) is 0 Å². The van der Waals surface area contributed by atoms with Gasteiger partial charge in [0.1, 0.15) is 6.10 Å². The summed E-state index contributed by atoms with van der Waals surface area (Å²) in [7, 11) is 0. The third-order valence-corrected chi connectivity index (χ3v) is 12.5. The number of hydrogen-bond donors (Lipinski definition) is 3. The fraction of sp³-hybridized carbons (Fsp3) is 0.857. The van der Waals surface area contributed by atoms with Crippen LogP contribution < -0.4 is 5.32 Å². The lowest BCUT2D eigenvalue weighted by Gasteiger charge is -2.24. The van der Waals surface area contributed by atoms with Crippen LogP contribution in [-0.4, -0.2) is 46.9 Å². The molecule has 0 rings (SSSR count). The average Bonchev–Trinajstić information content (AvgIpc) is 3.26. The van der Waals surface area contributed by atoms with Crippen LogP contribution in [0.4, 0.5) is 0 Å². The molecular formula is C56H105NO5. The highest BCUT2D eigenvalue weighted by atomic mass is 16.5. The lowest BCUT2D eigenvalue weighted by atomic mass is 10.0. The molecule has 0 saturated carbocycles. The van der Waals surface area contributed by atoms with Crippen molar-refractivity contribution in [3.8, 4) is 0 Å². The van der Waals surface area contributed by atoms with Crippen LogP contribution in [0.25, 0.3) is 0 Å². The number of esters is 1. The lowest BCUT2D eigenvalue weighted by Crippen LogP contribution is -2.46. The number of aliphatic hydroxyl groups excluding tert-OH is 2. The molecular weight excluding hydrogens is 767 g/mol. The topological polar surface area (TPSA) is 95.9 Å². The number of carbonyl (C=O) groups excluding carboxylic acids is 2. The Morgan fingerprint density at radius 3 is 1.24 bits per heavy atom. The summed E-state index contributed by atoms with van der Waals surface area (Å²) in [4.78, 5) is 26.1. The van der Waals surface area contributed by atoms with Crippen LogP contribution in [0.3, 0.4) is 0 Å². The molecule has 0 fully saturated rings. The minimum Gasteiger partial charge on any atom is -0.462 e. The van der Waals surface area contributed by atoms with Crippen LogP contribution >= 0.6 is 0 Å². The summed E-state index contributed by atoms with van der Waals surface area (Å²) in [6, 6.07) is -0.710. The Labute approximate surface area is 385 Å². The molecule has 0 saturated heterocycles. The van der Waals surface area contributed by atoms with Gasteiger partial charge in [0.15, 0.2) is 0 Å². The minimum atomic E-state index is -0.795. The molecule has 0 aromatic rings. The second-order valence-electron chi connectivity index (χ2n) is 18.7. The Morgan fingerprint density at radius 2 is 0.823 bits per heavy atom. The van der Waals surface area contributed by atoms with E-state index in [-0.39, 0.29) is 24.9 Å². The fourth-order valence-corrected chi connectivity index (χ4v) is 8.37. The summed E-state index contributed by atoms with van der Waals surface area (Å²) < 4.78 is 5.92. The zero-order chi connectivity index (χ0) is 45.2. The second-order valence-corrected chi connectivity index (χ2v) is 18.7. The number of ether oxygens (including phenoxy) is 1. The van der Waals surface area contributed by atoms with Crippen LogP contribution in [0.15, 0.2) is 36.5 Å². The summed E-state index contributed by atoms with van der Waals surface area (Å²) in [5, 5.41) is 23.8. The van der Waals surface area contributed by atoms with Crippen LogP contribution in [0.5, 0.6) is 0 Å².